The molecule has 0 saturated carbocycles. The first kappa shape index (κ1) is 62.4. The van der Waals surface area contributed by atoms with Gasteiger partial charge in [-0.05, 0) is 34.1 Å². The second-order valence-electron chi connectivity index (χ2n) is 23.1. The molecule has 5 rings (SSSR count). The van der Waals surface area contributed by atoms with Crippen molar-refractivity contribution in [1.29, 1.82) is 0 Å². The van der Waals surface area contributed by atoms with Gasteiger partial charge in [-0.2, -0.15) is 0 Å². The third-order valence-electron chi connectivity index (χ3n) is 17.6. The molecule has 0 radical (unpaired) electrons. The van der Waals surface area contributed by atoms with E-state index in [2.05, 4.69) is 185 Å². The standard InChI is InChI=1S/C65H109NOP2Si4/c1-13-45-70(46-14-2,47-15-3)62-33-25-58(26-34-62)68(59-27-35-63(36-28-59)71(48-16-4,49-17-5)50-18-6)66(57-41-43-67-44-42-57)69(60-29-37-64(38-30-60)72(51-19-7,52-20-8)53-21-9)61-31-39-65(40-32-61)73(54-22-10,55-23-11)56-24-12/h25-40,57H,13-24,41-56H2,1-12H3. The fraction of sp³-hybridized carbons (Fsp3) is 0.631. The Bertz CT molecular complexity index is 1760. The molecule has 1 aliphatic heterocycles. The summed E-state index contributed by atoms with van der Waals surface area (Å²) in [5.74, 6) is 0. The van der Waals surface area contributed by atoms with E-state index in [1.165, 1.54) is 150 Å². The molecule has 406 valence electrons. The minimum Gasteiger partial charge on any atom is -0.381 e. The Kier molecular flexibility index (Phi) is 27.2. The lowest BCUT2D eigenvalue weighted by Crippen LogP contribution is -2.48. The van der Waals surface area contributed by atoms with Crippen molar-refractivity contribution >= 4 is 90.4 Å². The number of nitrogens with zero attached hydrogens (tertiary/aromatic N) is 1. The van der Waals surface area contributed by atoms with Gasteiger partial charge in [-0.1, -0.05) is 350 Å². The maximum absolute atomic E-state index is 6.33. The Labute approximate surface area is 458 Å². The van der Waals surface area contributed by atoms with Crippen LogP contribution in [0.5, 0.6) is 0 Å². The average Bonchev–Trinajstić information content (AvgIpc) is 3.40. The molecule has 0 N–H and O–H groups in total. The third-order valence-corrected chi connectivity index (χ3v) is 47.0. The molecule has 0 bridgehead atoms. The molecule has 0 unspecified atom stereocenters. The average molecular weight is 1090 g/mol. The van der Waals surface area contributed by atoms with Gasteiger partial charge in [-0.25, -0.2) is 4.44 Å². The van der Waals surface area contributed by atoms with Gasteiger partial charge < -0.3 is 4.74 Å². The smallest absolute Gasteiger partial charge is 0.0866 e. The lowest BCUT2D eigenvalue weighted by molar-refractivity contribution is 0.0729. The van der Waals surface area contributed by atoms with E-state index in [-0.39, 0.29) is 0 Å². The highest BCUT2D eigenvalue weighted by Crippen LogP contribution is 2.57. The normalized spacial score (nSPS) is 14.3. The number of rotatable bonds is 35. The van der Waals surface area contributed by atoms with Crippen LogP contribution in [0.4, 0.5) is 0 Å². The van der Waals surface area contributed by atoms with Crippen LogP contribution in [0.15, 0.2) is 97.1 Å². The van der Waals surface area contributed by atoms with Crippen molar-refractivity contribution in [1.82, 2.24) is 4.44 Å². The van der Waals surface area contributed by atoms with Crippen LogP contribution in [0.25, 0.3) is 0 Å². The molecule has 0 spiro atoms. The first-order valence-corrected chi connectivity index (χ1v) is 44.0. The Balaban J connectivity index is 1.87. The third kappa shape index (κ3) is 15.4. The maximum Gasteiger partial charge on any atom is 0.0866 e. The summed E-state index contributed by atoms with van der Waals surface area (Å²) >= 11 is 0. The van der Waals surface area contributed by atoms with Crippen molar-refractivity contribution in [3.8, 4) is 0 Å². The van der Waals surface area contributed by atoms with Crippen molar-refractivity contribution in [3.63, 3.8) is 0 Å². The van der Waals surface area contributed by atoms with E-state index >= 15 is 0 Å². The first-order valence-electron chi connectivity index (χ1n) is 31.0. The minimum atomic E-state index is -1.63. The number of hydrogen-bond acceptors (Lipinski definition) is 2. The van der Waals surface area contributed by atoms with E-state index in [4.69, 9.17) is 4.74 Å². The van der Waals surface area contributed by atoms with E-state index in [1.54, 1.807) is 42.0 Å². The first-order chi connectivity index (χ1) is 35.6. The van der Waals surface area contributed by atoms with Crippen LogP contribution in [0.2, 0.25) is 72.5 Å². The molecule has 1 saturated heterocycles. The number of hydrogen-bond donors (Lipinski definition) is 0. The van der Waals surface area contributed by atoms with Crippen LogP contribution in [0.3, 0.4) is 0 Å². The highest BCUT2D eigenvalue weighted by molar-refractivity contribution is 7.84. The van der Waals surface area contributed by atoms with Gasteiger partial charge in [-0.15, -0.1) is 0 Å². The molecule has 0 atom stereocenters. The van der Waals surface area contributed by atoms with E-state index in [1.807, 2.05) is 0 Å². The second-order valence-corrected chi connectivity index (χ2v) is 46.1. The van der Waals surface area contributed by atoms with Crippen molar-refractivity contribution < 1.29 is 4.74 Å². The van der Waals surface area contributed by atoms with Gasteiger partial charge in [0.25, 0.3) is 0 Å². The monoisotopic (exact) mass is 1090 g/mol. The SMILES string of the molecule is CCC[Si](CCC)(CCC)c1ccc(P(c2ccc([Si](CCC)(CCC)CCC)cc2)N(C2CCOCC2)P(c2ccc([Si](CCC)(CCC)CCC)cc2)c2ccc([Si](CCC)(CCC)CCC)cc2)cc1. The lowest BCUT2D eigenvalue weighted by atomic mass is 10.1. The molecule has 1 heterocycles. The molecule has 1 fully saturated rings. The van der Waals surface area contributed by atoms with Crippen molar-refractivity contribution in [3.05, 3.63) is 97.1 Å². The molecule has 0 aliphatic carbocycles. The van der Waals surface area contributed by atoms with Crippen LogP contribution in [0, 0.1) is 0 Å². The molecule has 0 amide bonds. The van der Waals surface area contributed by atoms with Crippen LogP contribution >= 0.6 is 16.1 Å². The molecule has 0 aromatic heterocycles. The van der Waals surface area contributed by atoms with Crippen LogP contribution in [0.1, 0.15) is 173 Å². The summed E-state index contributed by atoms with van der Waals surface area (Å²) in [7, 11) is -8.35. The van der Waals surface area contributed by atoms with Crippen LogP contribution in [-0.2, 0) is 4.74 Å². The van der Waals surface area contributed by atoms with Crippen molar-refractivity contribution in [2.45, 2.75) is 252 Å². The Hall–Kier alpha value is -1.47. The van der Waals surface area contributed by atoms with Gasteiger partial charge in [0.1, 0.15) is 0 Å². The Morgan fingerprint density at radius 3 is 0.658 bits per heavy atom. The molecular weight excluding hydrogens is 985 g/mol. The molecule has 4 aromatic carbocycles. The molecular formula is C65H109NOP2Si4. The van der Waals surface area contributed by atoms with Crippen molar-refractivity contribution in [2.24, 2.45) is 0 Å². The molecule has 1 aliphatic rings. The number of benzene rings is 4. The Morgan fingerprint density at radius 1 is 0.315 bits per heavy atom. The van der Waals surface area contributed by atoms with E-state index < -0.39 is 48.4 Å². The zero-order chi connectivity index (χ0) is 52.7. The van der Waals surface area contributed by atoms with E-state index in [0.29, 0.717) is 6.04 Å². The quantitative estimate of drug-likeness (QED) is 0.0336. The number of ether oxygens (including phenoxy) is 1. The summed E-state index contributed by atoms with van der Waals surface area (Å²) in [4.78, 5) is 0. The molecule has 8 heteroatoms. The second kappa shape index (κ2) is 31.8. The summed E-state index contributed by atoms with van der Waals surface area (Å²) in [5, 5.41) is 13.0. The van der Waals surface area contributed by atoms with Gasteiger partial charge in [0, 0.05) is 35.4 Å². The molecule has 73 heavy (non-hydrogen) atoms. The predicted octanol–water partition coefficient (Wildman–Crippen LogP) is 17.1. The Morgan fingerprint density at radius 2 is 0.493 bits per heavy atom. The summed E-state index contributed by atoms with van der Waals surface area (Å²) in [6.07, 6.45) is 17.7. The highest BCUT2D eigenvalue weighted by atomic mass is 31.2. The van der Waals surface area contributed by atoms with Gasteiger partial charge in [0.05, 0.1) is 32.3 Å². The zero-order valence-corrected chi connectivity index (χ0v) is 55.2. The highest BCUT2D eigenvalue weighted by Gasteiger charge is 2.41. The summed E-state index contributed by atoms with van der Waals surface area (Å²) in [6, 6.07) is 60.2. The predicted molar refractivity (Wildman–Crippen MR) is 347 cm³/mol. The fourth-order valence-corrected chi connectivity index (χ4v) is 42.7. The van der Waals surface area contributed by atoms with Crippen LogP contribution < -0.4 is 42.0 Å². The topological polar surface area (TPSA) is 12.5 Å². The van der Waals surface area contributed by atoms with Crippen molar-refractivity contribution in [2.75, 3.05) is 13.2 Å². The summed E-state index contributed by atoms with van der Waals surface area (Å²) < 4.78 is 9.53. The van der Waals surface area contributed by atoms with Gasteiger partial charge in [0.15, 0.2) is 0 Å². The largest absolute Gasteiger partial charge is 0.381 e. The van der Waals surface area contributed by atoms with E-state index in [9.17, 15) is 0 Å². The van der Waals surface area contributed by atoms with Gasteiger partial charge in [0.2, 0.25) is 0 Å². The van der Waals surface area contributed by atoms with Gasteiger partial charge >= 0.3 is 0 Å². The summed E-state index contributed by atoms with van der Waals surface area (Å²) in [5.41, 5.74) is 0. The zero-order valence-electron chi connectivity index (χ0n) is 49.4. The minimum absolute atomic E-state index is 0.426. The lowest BCUT2D eigenvalue weighted by Gasteiger charge is -2.45. The molecule has 2 nitrogen and oxygen atoms in total. The van der Waals surface area contributed by atoms with Gasteiger partial charge in [-0.3, -0.25) is 0 Å². The summed E-state index contributed by atoms with van der Waals surface area (Å²) in [6.45, 7) is 31.0. The maximum atomic E-state index is 6.33. The van der Waals surface area contributed by atoms with E-state index in [0.717, 1.165) is 26.1 Å². The molecule has 4 aromatic rings. The van der Waals surface area contributed by atoms with Crippen LogP contribution in [-0.4, -0.2) is 56.0 Å². The fourth-order valence-electron chi connectivity index (χ4n) is 14.9.